The molecular formula is C17H21N3O5. The largest absolute Gasteiger partial charge is 0.484 e. The van der Waals surface area contributed by atoms with Crippen LogP contribution in [0.2, 0.25) is 0 Å². The number of nitrogens with one attached hydrogen (secondary N) is 1. The van der Waals surface area contributed by atoms with Crippen LogP contribution in [-0.2, 0) is 14.4 Å². The van der Waals surface area contributed by atoms with Gasteiger partial charge in [-0.15, -0.1) is 0 Å². The third-order valence-electron chi connectivity index (χ3n) is 3.89. The number of aliphatic carboxylic acids is 1. The SMILES string of the molecule is C=C(N)NCCCC1C(=O)N(C(=O)COc2ccccc2)C1C(=O)O. The molecule has 1 aliphatic heterocycles. The number of hydrogen-bond donors (Lipinski definition) is 3. The van der Waals surface area contributed by atoms with Gasteiger partial charge in [-0.3, -0.25) is 14.5 Å². The summed E-state index contributed by atoms with van der Waals surface area (Å²) >= 11 is 0. The number of likely N-dealkylation sites (tertiary alicyclic amines) is 1. The van der Waals surface area contributed by atoms with Gasteiger partial charge in [0, 0.05) is 6.54 Å². The smallest absolute Gasteiger partial charge is 0.327 e. The quantitative estimate of drug-likeness (QED) is 0.434. The molecule has 2 atom stereocenters. The first kappa shape index (κ1) is 18.3. The number of rotatable bonds is 9. The number of carboxylic acid groups (broad SMARTS) is 1. The fourth-order valence-electron chi connectivity index (χ4n) is 2.69. The average molecular weight is 347 g/mol. The molecule has 134 valence electrons. The molecule has 2 rings (SSSR count). The van der Waals surface area contributed by atoms with E-state index >= 15 is 0 Å². The van der Waals surface area contributed by atoms with Gasteiger partial charge in [-0.25, -0.2) is 4.79 Å². The summed E-state index contributed by atoms with van der Waals surface area (Å²) in [6.45, 7) is 3.58. The van der Waals surface area contributed by atoms with Crippen molar-refractivity contribution in [2.24, 2.45) is 11.7 Å². The van der Waals surface area contributed by atoms with Crippen molar-refractivity contribution in [1.29, 1.82) is 0 Å². The molecule has 1 fully saturated rings. The molecule has 2 unspecified atom stereocenters. The summed E-state index contributed by atoms with van der Waals surface area (Å²) in [5.41, 5.74) is 5.37. The van der Waals surface area contributed by atoms with E-state index in [-0.39, 0.29) is 6.61 Å². The zero-order valence-corrected chi connectivity index (χ0v) is 13.7. The molecule has 25 heavy (non-hydrogen) atoms. The van der Waals surface area contributed by atoms with Crippen molar-refractivity contribution < 1.29 is 24.2 Å². The Morgan fingerprint density at radius 1 is 1.32 bits per heavy atom. The molecule has 0 spiro atoms. The minimum Gasteiger partial charge on any atom is -0.484 e. The molecule has 1 heterocycles. The predicted molar refractivity (Wildman–Crippen MR) is 89.3 cm³/mol. The highest BCUT2D eigenvalue weighted by molar-refractivity contribution is 6.08. The van der Waals surface area contributed by atoms with E-state index in [4.69, 9.17) is 10.5 Å². The summed E-state index contributed by atoms with van der Waals surface area (Å²) in [7, 11) is 0. The standard InChI is InChI=1S/C17H21N3O5/c1-11(18)19-9-5-8-13-15(17(23)24)20(16(13)22)14(21)10-25-12-6-3-2-4-7-12/h2-4,6-7,13,15,19H,1,5,8-10,18H2,(H,23,24). The fraction of sp³-hybridized carbons (Fsp3) is 0.353. The van der Waals surface area contributed by atoms with Crippen molar-refractivity contribution in [2.75, 3.05) is 13.2 Å². The number of nitrogens with two attached hydrogens (primary N) is 1. The molecule has 0 aliphatic carbocycles. The average Bonchev–Trinajstić information content (AvgIpc) is 2.57. The van der Waals surface area contributed by atoms with Gasteiger partial charge < -0.3 is 20.9 Å². The maximum Gasteiger partial charge on any atom is 0.327 e. The van der Waals surface area contributed by atoms with E-state index in [1.165, 1.54) is 0 Å². The van der Waals surface area contributed by atoms with E-state index in [2.05, 4.69) is 11.9 Å². The topological polar surface area (TPSA) is 122 Å². The van der Waals surface area contributed by atoms with E-state index in [1.54, 1.807) is 30.3 Å². The van der Waals surface area contributed by atoms with Crippen LogP contribution < -0.4 is 15.8 Å². The number of carbonyl (C=O) groups excluding carboxylic acids is 2. The van der Waals surface area contributed by atoms with Gasteiger partial charge in [0.25, 0.3) is 5.91 Å². The number of carbonyl (C=O) groups is 3. The highest BCUT2D eigenvalue weighted by Crippen LogP contribution is 2.31. The van der Waals surface area contributed by atoms with Crippen molar-refractivity contribution in [1.82, 2.24) is 10.2 Å². The lowest BCUT2D eigenvalue weighted by atomic mass is 9.83. The lowest BCUT2D eigenvalue weighted by molar-refractivity contribution is -0.178. The highest BCUT2D eigenvalue weighted by Gasteiger charge is 2.54. The fourth-order valence-corrected chi connectivity index (χ4v) is 2.69. The zero-order valence-electron chi connectivity index (χ0n) is 13.7. The maximum atomic E-state index is 12.2. The van der Waals surface area contributed by atoms with E-state index in [0.29, 0.717) is 31.0 Å². The number of benzene rings is 1. The zero-order chi connectivity index (χ0) is 18.4. The maximum absolute atomic E-state index is 12.2. The van der Waals surface area contributed by atoms with E-state index in [0.717, 1.165) is 4.90 Å². The van der Waals surface area contributed by atoms with Gasteiger partial charge in [-0.2, -0.15) is 0 Å². The number of nitrogens with zero attached hydrogens (tertiary/aromatic N) is 1. The van der Waals surface area contributed by atoms with E-state index in [9.17, 15) is 19.5 Å². The Hall–Kier alpha value is -3.03. The van der Waals surface area contributed by atoms with Crippen LogP contribution in [0.25, 0.3) is 0 Å². The van der Waals surface area contributed by atoms with E-state index < -0.39 is 29.7 Å². The number of ether oxygens (including phenoxy) is 1. The van der Waals surface area contributed by atoms with Crippen LogP contribution >= 0.6 is 0 Å². The Bertz CT molecular complexity index is 662. The summed E-state index contributed by atoms with van der Waals surface area (Å²) in [4.78, 5) is 36.5. The highest BCUT2D eigenvalue weighted by atomic mass is 16.5. The Morgan fingerprint density at radius 2 is 2.00 bits per heavy atom. The molecule has 0 radical (unpaired) electrons. The number of para-hydroxylation sites is 1. The number of amides is 2. The molecule has 4 N–H and O–H groups in total. The number of hydrogen-bond acceptors (Lipinski definition) is 6. The molecule has 8 nitrogen and oxygen atoms in total. The second kappa shape index (κ2) is 8.18. The third kappa shape index (κ3) is 4.50. The summed E-state index contributed by atoms with van der Waals surface area (Å²) in [5.74, 6) is -2.28. The van der Waals surface area contributed by atoms with Gasteiger partial charge in [0.05, 0.1) is 11.7 Å². The first-order valence-electron chi connectivity index (χ1n) is 7.86. The van der Waals surface area contributed by atoms with Crippen LogP contribution in [-0.4, -0.2) is 47.0 Å². The van der Waals surface area contributed by atoms with Gasteiger partial charge >= 0.3 is 5.97 Å². The van der Waals surface area contributed by atoms with Gasteiger partial charge in [-0.1, -0.05) is 24.8 Å². The minimum absolute atomic E-state index is 0.310. The molecule has 1 aliphatic rings. The number of β-lactam (4-membered cyclic amide) rings is 1. The second-order valence-electron chi connectivity index (χ2n) is 5.69. The first-order valence-corrected chi connectivity index (χ1v) is 7.86. The summed E-state index contributed by atoms with van der Waals surface area (Å²) in [6, 6.07) is 7.47. The molecule has 8 heteroatoms. The molecule has 1 saturated heterocycles. The molecule has 0 bridgehead atoms. The molecule has 0 aromatic heterocycles. The van der Waals surface area contributed by atoms with Crippen LogP contribution in [0.1, 0.15) is 12.8 Å². The summed E-state index contributed by atoms with van der Waals surface area (Å²) < 4.78 is 5.29. The molecule has 2 amide bonds. The van der Waals surface area contributed by atoms with Crippen LogP contribution in [0.5, 0.6) is 5.75 Å². The normalized spacial score (nSPS) is 19.0. The first-order chi connectivity index (χ1) is 11.9. The Labute approximate surface area is 145 Å². The monoisotopic (exact) mass is 347 g/mol. The van der Waals surface area contributed by atoms with Gasteiger partial charge in [-0.05, 0) is 25.0 Å². The van der Waals surface area contributed by atoms with Crippen molar-refractivity contribution in [3.05, 3.63) is 42.7 Å². The lowest BCUT2D eigenvalue weighted by Crippen LogP contribution is -2.67. The second-order valence-corrected chi connectivity index (χ2v) is 5.69. The Balaban J connectivity index is 1.89. The summed E-state index contributed by atoms with van der Waals surface area (Å²) in [5, 5.41) is 12.1. The number of carboxylic acids is 1. The lowest BCUT2D eigenvalue weighted by Gasteiger charge is -2.42. The predicted octanol–water partition coefficient (Wildman–Crippen LogP) is 0.303. The minimum atomic E-state index is -1.20. The van der Waals surface area contributed by atoms with Crippen LogP contribution in [0.3, 0.4) is 0 Å². The Kier molecular flexibility index (Phi) is 5.99. The van der Waals surface area contributed by atoms with Crippen LogP contribution in [0.4, 0.5) is 0 Å². The molecule has 0 saturated carbocycles. The number of imide groups is 1. The van der Waals surface area contributed by atoms with Crippen molar-refractivity contribution in [2.45, 2.75) is 18.9 Å². The van der Waals surface area contributed by atoms with Crippen LogP contribution in [0, 0.1) is 5.92 Å². The van der Waals surface area contributed by atoms with Gasteiger partial charge in [0.2, 0.25) is 5.91 Å². The van der Waals surface area contributed by atoms with Gasteiger partial charge in [0.1, 0.15) is 11.8 Å². The molecule has 1 aromatic rings. The van der Waals surface area contributed by atoms with Crippen LogP contribution in [0.15, 0.2) is 42.7 Å². The Morgan fingerprint density at radius 3 is 2.60 bits per heavy atom. The van der Waals surface area contributed by atoms with Crippen molar-refractivity contribution in [3.8, 4) is 5.75 Å². The third-order valence-corrected chi connectivity index (χ3v) is 3.89. The van der Waals surface area contributed by atoms with E-state index in [1.807, 2.05) is 0 Å². The van der Waals surface area contributed by atoms with Crippen molar-refractivity contribution in [3.63, 3.8) is 0 Å². The molecule has 1 aromatic carbocycles. The summed E-state index contributed by atoms with van der Waals surface area (Å²) in [6.07, 6.45) is 0.887. The van der Waals surface area contributed by atoms with Crippen molar-refractivity contribution >= 4 is 17.8 Å². The van der Waals surface area contributed by atoms with Gasteiger partial charge in [0.15, 0.2) is 6.61 Å². The molecular weight excluding hydrogens is 326 g/mol.